The van der Waals surface area contributed by atoms with Crippen LogP contribution in [-0.2, 0) is 20.6 Å². The fraction of sp³-hybridized carbons (Fsp3) is 0.444. The third-order valence-electron chi connectivity index (χ3n) is 11.8. The topological polar surface area (TPSA) is 172 Å². The molecule has 2 fully saturated rings. The molecule has 0 radical (unpaired) electrons. The molecule has 1 saturated heterocycles. The molecule has 3 aromatic carbocycles. The normalized spacial score (nSPS) is 17.3. The van der Waals surface area contributed by atoms with Gasteiger partial charge in [-0.2, -0.15) is 13.2 Å². The van der Waals surface area contributed by atoms with Crippen LogP contribution in [0.25, 0.3) is 10.9 Å². The van der Waals surface area contributed by atoms with Gasteiger partial charge in [0.25, 0.3) is 11.8 Å². The van der Waals surface area contributed by atoms with Crippen molar-refractivity contribution in [1.29, 1.82) is 0 Å². The number of hydrogen-bond acceptors (Lipinski definition) is 11. The predicted octanol–water partition coefficient (Wildman–Crippen LogP) is 7.36. The second-order valence-corrected chi connectivity index (χ2v) is 16.5. The Balaban J connectivity index is 0.884. The summed E-state index contributed by atoms with van der Waals surface area (Å²) in [6.07, 6.45) is 0.412. The second kappa shape index (κ2) is 18.2. The van der Waals surface area contributed by atoms with Crippen LogP contribution in [-0.4, -0.2) is 89.2 Å². The maximum Gasteiger partial charge on any atom is 0.419 e. The minimum absolute atomic E-state index is 0.0147. The molecule has 63 heavy (non-hydrogen) atoms. The van der Waals surface area contributed by atoms with E-state index in [0.29, 0.717) is 72.5 Å². The highest BCUT2D eigenvalue weighted by Gasteiger charge is 2.46. The molecule has 4 aromatic rings. The van der Waals surface area contributed by atoms with Crippen LogP contribution in [0.5, 0.6) is 11.5 Å². The number of aryl methyl sites for hydroxylation is 1. The van der Waals surface area contributed by atoms with E-state index < -0.39 is 53.3 Å². The lowest BCUT2D eigenvalue weighted by atomic mass is 10.0. The summed E-state index contributed by atoms with van der Waals surface area (Å²) in [7, 11) is 3.27. The predicted molar refractivity (Wildman–Crippen MR) is 224 cm³/mol. The molecule has 3 N–H and O–H groups in total. The smallest absolute Gasteiger partial charge is 0.419 e. The van der Waals surface area contributed by atoms with E-state index in [9.17, 15) is 37.1 Å². The van der Waals surface area contributed by atoms with Gasteiger partial charge in [0, 0.05) is 61.1 Å². The van der Waals surface area contributed by atoms with Crippen LogP contribution in [0, 0.1) is 18.2 Å². The molecule has 2 aliphatic heterocycles. The molecule has 14 nitrogen and oxygen atoms in total. The molecule has 5 amide bonds. The maximum atomic E-state index is 15.0. The van der Waals surface area contributed by atoms with E-state index in [-0.39, 0.29) is 46.7 Å². The van der Waals surface area contributed by atoms with Gasteiger partial charge in [0.05, 0.1) is 42.0 Å². The molecule has 3 aliphatic rings. The lowest BCUT2D eigenvalue weighted by Gasteiger charge is -2.27. The standard InChI is InChI=1S/C45H49F4N7O7/c1-25(27-11-9-13-30(39(27)46)45(47,48)49)51-40-29-21-35(34(62-4)22-32(29)52-26(2)53-40)63-24-44(18-19-44)23-55(3)37(58)15-7-5-6-8-20-50-31-14-10-12-28-38(31)43(61)56(42(28)60)33-16-17-36(57)54-41(33)59/h9-14,21-22,25,33,50H,5-8,15-20,23-24H2,1-4H3,(H,51,52,53)(H,54,57,59)/t25-,33?/m1/s1. The third kappa shape index (κ3) is 9.69. The summed E-state index contributed by atoms with van der Waals surface area (Å²) in [5, 5.41) is 9.02. The Labute approximate surface area is 361 Å². The van der Waals surface area contributed by atoms with Crippen LogP contribution in [0.2, 0.25) is 0 Å². The fourth-order valence-electron chi connectivity index (χ4n) is 8.20. The van der Waals surface area contributed by atoms with Crippen LogP contribution in [0.1, 0.15) is 108 Å². The Morgan fingerprint density at radius 3 is 2.48 bits per heavy atom. The molecule has 1 aliphatic carbocycles. The molecule has 2 atom stereocenters. The van der Waals surface area contributed by atoms with Crippen LogP contribution in [0.3, 0.4) is 0 Å². The zero-order chi connectivity index (χ0) is 45.2. The van der Waals surface area contributed by atoms with Crippen LogP contribution < -0.4 is 25.4 Å². The van der Waals surface area contributed by atoms with Gasteiger partial charge in [-0.1, -0.05) is 31.0 Å². The number of methoxy groups -OCH3 is 1. The average molecular weight is 876 g/mol. The third-order valence-corrected chi connectivity index (χ3v) is 11.8. The van der Waals surface area contributed by atoms with Gasteiger partial charge in [0.15, 0.2) is 11.5 Å². The molecule has 0 spiro atoms. The van der Waals surface area contributed by atoms with E-state index >= 15 is 4.39 Å². The van der Waals surface area contributed by atoms with Gasteiger partial charge in [-0.05, 0) is 70.2 Å². The quantitative estimate of drug-likeness (QED) is 0.0518. The van der Waals surface area contributed by atoms with Crippen LogP contribution in [0.4, 0.5) is 29.1 Å². The Bertz CT molecular complexity index is 2460. The monoisotopic (exact) mass is 875 g/mol. The Hall–Kier alpha value is -6.33. The number of amides is 5. The van der Waals surface area contributed by atoms with E-state index in [1.165, 1.54) is 19.2 Å². The largest absolute Gasteiger partial charge is 0.493 e. The first-order valence-corrected chi connectivity index (χ1v) is 20.9. The van der Waals surface area contributed by atoms with E-state index in [1.54, 1.807) is 56.1 Å². The number of nitrogens with zero attached hydrogens (tertiary/aromatic N) is 4. The number of ether oxygens (including phenoxy) is 2. The molecule has 1 unspecified atom stereocenters. The summed E-state index contributed by atoms with van der Waals surface area (Å²) in [5.74, 6) is -2.10. The van der Waals surface area contributed by atoms with Crippen molar-refractivity contribution in [3.63, 3.8) is 0 Å². The van der Waals surface area contributed by atoms with Gasteiger partial charge in [0.1, 0.15) is 23.5 Å². The minimum atomic E-state index is -4.85. The highest BCUT2D eigenvalue weighted by molar-refractivity contribution is 6.25. The van der Waals surface area contributed by atoms with Crippen molar-refractivity contribution in [2.75, 3.05) is 44.5 Å². The van der Waals surface area contributed by atoms with Gasteiger partial charge in [-0.3, -0.25) is 34.2 Å². The number of carbonyl (C=O) groups is 5. The lowest BCUT2D eigenvalue weighted by molar-refractivity contribution is -0.140. The number of piperidine rings is 1. The Morgan fingerprint density at radius 1 is 1.02 bits per heavy atom. The number of alkyl halides is 3. The molecule has 7 rings (SSSR count). The van der Waals surface area contributed by atoms with Crippen molar-refractivity contribution in [1.82, 2.24) is 25.1 Å². The number of hydrogen-bond donors (Lipinski definition) is 3. The highest BCUT2D eigenvalue weighted by atomic mass is 19.4. The summed E-state index contributed by atoms with van der Waals surface area (Å²) in [6.45, 7) is 4.52. The van der Waals surface area contributed by atoms with Crippen LogP contribution in [0.15, 0.2) is 48.5 Å². The van der Waals surface area contributed by atoms with E-state index in [0.717, 1.165) is 37.0 Å². The molecule has 18 heteroatoms. The number of fused-ring (bicyclic) bond motifs is 2. The zero-order valence-corrected chi connectivity index (χ0v) is 35.4. The van der Waals surface area contributed by atoms with Crippen molar-refractivity contribution in [3.05, 3.63) is 82.4 Å². The van der Waals surface area contributed by atoms with Gasteiger partial charge >= 0.3 is 6.18 Å². The fourth-order valence-corrected chi connectivity index (χ4v) is 8.20. The van der Waals surface area contributed by atoms with Gasteiger partial charge in [0.2, 0.25) is 17.7 Å². The molecule has 1 saturated carbocycles. The highest BCUT2D eigenvalue weighted by Crippen LogP contribution is 2.47. The number of carbonyl (C=O) groups excluding carboxylic acids is 5. The number of nitrogens with one attached hydrogen (secondary N) is 3. The number of aromatic nitrogens is 2. The number of unbranched alkanes of at least 4 members (excludes halogenated alkanes) is 3. The summed E-state index contributed by atoms with van der Waals surface area (Å²) in [5.41, 5.74) is -0.369. The SMILES string of the molecule is COc1cc2nc(C)nc(N[C@H](C)c3cccc(C(F)(F)F)c3F)c2cc1OCC1(CN(C)C(=O)CCCCCCNc2cccc3c2C(=O)N(C2CCC(=O)NC2=O)C3=O)CC1. The summed E-state index contributed by atoms with van der Waals surface area (Å²) in [4.78, 5) is 75.4. The molecule has 0 bridgehead atoms. The first kappa shape index (κ1) is 44.7. The van der Waals surface area contributed by atoms with Crippen LogP contribution >= 0.6 is 0 Å². The Morgan fingerprint density at radius 2 is 1.76 bits per heavy atom. The van der Waals surface area contributed by atoms with Crippen molar-refractivity contribution in [2.45, 2.75) is 89.9 Å². The maximum absolute atomic E-state index is 15.0. The van der Waals surface area contributed by atoms with Crippen molar-refractivity contribution < 1.29 is 51.0 Å². The number of rotatable bonds is 18. The van der Waals surface area contributed by atoms with Gasteiger partial charge in [-0.15, -0.1) is 0 Å². The van der Waals surface area contributed by atoms with E-state index in [4.69, 9.17) is 9.47 Å². The summed E-state index contributed by atoms with van der Waals surface area (Å²) in [6, 6.07) is 9.55. The summed E-state index contributed by atoms with van der Waals surface area (Å²) < 4.78 is 67.3. The molecule has 3 heterocycles. The minimum Gasteiger partial charge on any atom is -0.493 e. The van der Waals surface area contributed by atoms with E-state index in [2.05, 4.69) is 25.9 Å². The molecular formula is C45H49F4N7O7. The molecular weight excluding hydrogens is 827 g/mol. The number of benzene rings is 3. The molecule has 334 valence electrons. The molecule has 1 aromatic heterocycles. The first-order chi connectivity index (χ1) is 30.0. The first-order valence-electron chi connectivity index (χ1n) is 20.9. The lowest BCUT2D eigenvalue weighted by Crippen LogP contribution is -2.54. The zero-order valence-electron chi connectivity index (χ0n) is 35.4. The number of imide groups is 2. The second-order valence-electron chi connectivity index (χ2n) is 16.5. The number of anilines is 2. The van der Waals surface area contributed by atoms with Crippen molar-refractivity contribution >= 4 is 51.9 Å². The Kier molecular flexibility index (Phi) is 12.9. The average Bonchev–Trinajstić information content (AvgIpc) is 3.95. The van der Waals surface area contributed by atoms with Crippen molar-refractivity contribution in [3.8, 4) is 11.5 Å². The van der Waals surface area contributed by atoms with Crippen molar-refractivity contribution in [2.24, 2.45) is 5.41 Å². The number of halogens is 4. The van der Waals surface area contributed by atoms with Gasteiger partial charge in [-0.25, -0.2) is 14.4 Å². The van der Waals surface area contributed by atoms with E-state index in [1.807, 2.05) is 0 Å². The summed E-state index contributed by atoms with van der Waals surface area (Å²) >= 11 is 0. The van der Waals surface area contributed by atoms with Gasteiger partial charge < -0.3 is 25.0 Å².